The van der Waals surface area contributed by atoms with E-state index in [9.17, 15) is 4.79 Å². The van der Waals surface area contributed by atoms with Crippen molar-refractivity contribution >= 4 is 16.8 Å². The van der Waals surface area contributed by atoms with Gasteiger partial charge in [-0.2, -0.15) is 0 Å². The van der Waals surface area contributed by atoms with Gasteiger partial charge >= 0.3 is 0 Å². The number of aryl methyl sites for hydroxylation is 3. The molecule has 0 radical (unpaired) electrons. The van der Waals surface area contributed by atoms with Crippen molar-refractivity contribution < 1.29 is 9.53 Å². The maximum absolute atomic E-state index is 13.3. The number of benzene rings is 2. The second kappa shape index (κ2) is 7.12. The molecule has 0 saturated carbocycles. The van der Waals surface area contributed by atoms with E-state index in [2.05, 4.69) is 32.0 Å². The molecule has 0 N–H and O–H groups in total. The largest absolute Gasteiger partial charge is 0.378 e. The van der Waals surface area contributed by atoms with Gasteiger partial charge in [-0.05, 0) is 49.6 Å². The molecule has 4 heteroatoms. The van der Waals surface area contributed by atoms with Gasteiger partial charge in [0.1, 0.15) is 0 Å². The highest BCUT2D eigenvalue weighted by Gasteiger charge is 2.22. The molecule has 1 aliphatic rings. The number of nitrogens with zero attached hydrogens (tertiary/aromatic N) is 2. The number of fused-ring (bicyclic) bond motifs is 1. The first kappa shape index (κ1) is 17.7. The molecule has 1 saturated heterocycles. The van der Waals surface area contributed by atoms with Crippen LogP contribution in [0.4, 0.5) is 0 Å². The lowest BCUT2D eigenvalue weighted by molar-refractivity contribution is 0.0304. The van der Waals surface area contributed by atoms with Gasteiger partial charge in [-0.1, -0.05) is 30.3 Å². The standard InChI is InChI=1S/C23H24N2O2/c1-15-7-8-18(13-17(15)3)21-14-20(23(26)25-9-11-27-12-10-25)19-6-4-5-16(2)22(19)24-21/h4-8,13-14H,9-12H2,1-3H3. The van der Waals surface area contributed by atoms with Crippen LogP contribution in [0.25, 0.3) is 22.2 Å². The SMILES string of the molecule is Cc1ccc(-c2cc(C(=O)N3CCOCC3)c3cccc(C)c3n2)cc1C. The molecule has 0 spiro atoms. The van der Waals surface area contributed by atoms with E-state index < -0.39 is 0 Å². The first-order chi connectivity index (χ1) is 13.0. The fourth-order valence-electron chi connectivity index (χ4n) is 3.55. The van der Waals surface area contributed by atoms with Crippen molar-refractivity contribution in [2.75, 3.05) is 26.3 Å². The summed E-state index contributed by atoms with van der Waals surface area (Å²) in [5.74, 6) is 0.0568. The number of hydrogen-bond donors (Lipinski definition) is 0. The molecule has 2 heterocycles. The van der Waals surface area contributed by atoms with Gasteiger partial charge in [0.05, 0.1) is 30.0 Å². The summed E-state index contributed by atoms with van der Waals surface area (Å²) in [6, 6.07) is 14.3. The van der Waals surface area contributed by atoms with Crippen LogP contribution in [0.1, 0.15) is 27.0 Å². The Balaban J connectivity index is 1.89. The van der Waals surface area contributed by atoms with Gasteiger partial charge in [0.2, 0.25) is 0 Å². The molecule has 1 amide bonds. The minimum atomic E-state index is 0.0568. The number of ether oxygens (including phenoxy) is 1. The van der Waals surface area contributed by atoms with Gasteiger partial charge in [-0.3, -0.25) is 4.79 Å². The molecular weight excluding hydrogens is 336 g/mol. The fourth-order valence-corrected chi connectivity index (χ4v) is 3.55. The summed E-state index contributed by atoms with van der Waals surface area (Å²) < 4.78 is 5.40. The number of morpholine rings is 1. The molecule has 0 bridgehead atoms. The van der Waals surface area contributed by atoms with E-state index in [4.69, 9.17) is 9.72 Å². The van der Waals surface area contributed by atoms with Crippen LogP contribution in [0.15, 0.2) is 42.5 Å². The maximum Gasteiger partial charge on any atom is 0.254 e. The minimum absolute atomic E-state index is 0.0568. The monoisotopic (exact) mass is 360 g/mol. The van der Waals surface area contributed by atoms with Gasteiger partial charge in [0.15, 0.2) is 0 Å². The molecular formula is C23H24N2O2. The van der Waals surface area contributed by atoms with Crippen molar-refractivity contribution in [3.05, 3.63) is 64.7 Å². The quantitative estimate of drug-likeness (QED) is 0.684. The molecule has 1 aliphatic heterocycles. The number of carbonyl (C=O) groups is 1. The van der Waals surface area contributed by atoms with Crippen LogP contribution in [0.3, 0.4) is 0 Å². The number of aromatic nitrogens is 1. The van der Waals surface area contributed by atoms with Gasteiger partial charge < -0.3 is 9.64 Å². The van der Waals surface area contributed by atoms with E-state index in [1.807, 2.05) is 36.1 Å². The van der Waals surface area contributed by atoms with Crippen molar-refractivity contribution in [1.82, 2.24) is 9.88 Å². The van der Waals surface area contributed by atoms with Gasteiger partial charge in [-0.15, -0.1) is 0 Å². The lowest BCUT2D eigenvalue weighted by Gasteiger charge is -2.27. The lowest BCUT2D eigenvalue weighted by atomic mass is 9.99. The molecule has 1 aromatic heterocycles. The molecule has 2 aromatic carbocycles. The number of carbonyl (C=O) groups excluding carboxylic acids is 1. The zero-order valence-corrected chi connectivity index (χ0v) is 16.1. The van der Waals surface area contributed by atoms with Crippen molar-refractivity contribution in [3.8, 4) is 11.3 Å². The minimum Gasteiger partial charge on any atom is -0.378 e. The van der Waals surface area contributed by atoms with Crippen molar-refractivity contribution in [2.45, 2.75) is 20.8 Å². The van der Waals surface area contributed by atoms with Crippen molar-refractivity contribution in [3.63, 3.8) is 0 Å². The van der Waals surface area contributed by atoms with E-state index in [1.54, 1.807) is 0 Å². The smallest absolute Gasteiger partial charge is 0.254 e. The third-order valence-electron chi connectivity index (χ3n) is 5.37. The van der Waals surface area contributed by atoms with Crippen LogP contribution in [-0.2, 0) is 4.74 Å². The summed E-state index contributed by atoms with van der Waals surface area (Å²) in [7, 11) is 0. The first-order valence-electron chi connectivity index (χ1n) is 9.39. The van der Waals surface area contributed by atoms with Crippen LogP contribution in [0, 0.1) is 20.8 Å². The number of para-hydroxylation sites is 1. The van der Waals surface area contributed by atoms with E-state index in [0.717, 1.165) is 33.3 Å². The maximum atomic E-state index is 13.3. The second-order valence-electron chi connectivity index (χ2n) is 7.23. The molecule has 0 unspecified atom stereocenters. The van der Waals surface area contributed by atoms with Gasteiger partial charge in [-0.25, -0.2) is 4.98 Å². The molecule has 0 atom stereocenters. The van der Waals surface area contributed by atoms with E-state index in [0.29, 0.717) is 26.3 Å². The Labute approximate surface area is 159 Å². The summed E-state index contributed by atoms with van der Waals surface area (Å²) in [4.78, 5) is 20.1. The highest BCUT2D eigenvalue weighted by Crippen LogP contribution is 2.28. The number of pyridine rings is 1. The summed E-state index contributed by atoms with van der Waals surface area (Å²) in [5, 5.41) is 0.916. The topological polar surface area (TPSA) is 42.4 Å². The zero-order valence-electron chi connectivity index (χ0n) is 16.1. The van der Waals surface area contributed by atoms with E-state index >= 15 is 0 Å². The average Bonchev–Trinajstić information content (AvgIpc) is 2.70. The Morgan fingerprint density at radius 1 is 0.963 bits per heavy atom. The summed E-state index contributed by atoms with van der Waals surface area (Å²) in [6.07, 6.45) is 0. The summed E-state index contributed by atoms with van der Waals surface area (Å²) in [6.45, 7) is 8.70. The first-order valence-corrected chi connectivity index (χ1v) is 9.39. The number of rotatable bonds is 2. The van der Waals surface area contributed by atoms with Gasteiger partial charge in [0, 0.05) is 24.0 Å². The van der Waals surface area contributed by atoms with Crippen molar-refractivity contribution in [1.29, 1.82) is 0 Å². The van der Waals surface area contributed by atoms with Crippen LogP contribution < -0.4 is 0 Å². The third kappa shape index (κ3) is 3.33. The molecule has 4 rings (SSSR count). The van der Waals surface area contributed by atoms with Crippen LogP contribution in [0.2, 0.25) is 0 Å². The normalized spacial score (nSPS) is 14.6. The van der Waals surface area contributed by atoms with E-state index in [-0.39, 0.29) is 5.91 Å². The molecule has 1 fully saturated rings. The molecule has 27 heavy (non-hydrogen) atoms. The lowest BCUT2D eigenvalue weighted by Crippen LogP contribution is -2.40. The Morgan fingerprint density at radius 2 is 1.74 bits per heavy atom. The molecule has 0 aliphatic carbocycles. The fraction of sp³-hybridized carbons (Fsp3) is 0.304. The second-order valence-corrected chi connectivity index (χ2v) is 7.23. The predicted octanol–water partition coefficient (Wildman–Crippen LogP) is 4.30. The van der Waals surface area contributed by atoms with Crippen LogP contribution in [-0.4, -0.2) is 42.1 Å². The summed E-state index contributed by atoms with van der Waals surface area (Å²) >= 11 is 0. The Hall–Kier alpha value is -2.72. The summed E-state index contributed by atoms with van der Waals surface area (Å²) in [5.41, 5.74) is 7.05. The highest BCUT2D eigenvalue weighted by atomic mass is 16.5. The Morgan fingerprint density at radius 3 is 2.48 bits per heavy atom. The van der Waals surface area contributed by atoms with Crippen LogP contribution >= 0.6 is 0 Å². The predicted molar refractivity (Wildman–Crippen MR) is 108 cm³/mol. The molecule has 4 nitrogen and oxygen atoms in total. The van der Waals surface area contributed by atoms with Crippen molar-refractivity contribution in [2.24, 2.45) is 0 Å². The average molecular weight is 360 g/mol. The van der Waals surface area contributed by atoms with Crippen LogP contribution in [0.5, 0.6) is 0 Å². The molecule has 3 aromatic rings. The number of amides is 1. The third-order valence-corrected chi connectivity index (χ3v) is 5.37. The van der Waals surface area contributed by atoms with E-state index in [1.165, 1.54) is 11.1 Å². The Bertz CT molecular complexity index is 1020. The molecule has 138 valence electrons. The zero-order chi connectivity index (χ0) is 19.0. The number of hydrogen-bond acceptors (Lipinski definition) is 3. The van der Waals surface area contributed by atoms with Gasteiger partial charge in [0.25, 0.3) is 5.91 Å². The Kier molecular flexibility index (Phi) is 4.66. The highest BCUT2D eigenvalue weighted by molar-refractivity contribution is 6.07.